The van der Waals surface area contributed by atoms with Crippen LogP contribution >= 0.6 is 0 Å². The van der Waals surface area contributed by atoms with Gasteiger partial charge in [-0.15, -0.1) is 0 Å². The van der Waals surface area contributed by atoms with Crippen LogP contribution < -0.4 is 5.73 Å². The molecular weight excluding hydrogens is 186 g/mol. The number of nitrogens with zero attached hydrogens (tertiary/aromatic N) is 2. The Labute approximate surface area is 95.6 Å². The summed E-state index contributed by atoms with van der Waals surface area (Å²) in [6.07, 6.45) is 4.75. The van der Waals surface area contributed by atoms with Crippen molar-refractivity contribution in [3.8, 4) is 0 Å². The third kappa shape index (κ3) is 10.2. The summed E-state index contributed by atoms with van der Waals surface area (Å²) in [6, 6.07) is 0.403. The van der Waals surface area contributed by atoms with Crippen molar-refractivity contribution in [3.05, 3.63) is 0 Å². The maximum atomic E-state index is 5.87. The van der Waals surface area contributed by atoms with Gasteiger partial charge in [0.1, 0.15) is 0 Å². The maximum absolute atomic E-state index is 5.87. The summed E-state index contributed by atoms with van der Waals surface area (Å²) >= 11 is 0. The number of hydrogen-bond acceptors (Lipinski definition) is 3. The Balaban J connectivity index is 3.29. The highest BCUT2D eigenvalue weighted by Gasteiger charge is 2.01. The van der Waals surface area contributed by atoms with Gasteiger partial charge in [0, 0.05) is 6.04 Å². The van der Waals surface area contributed by atoms with E-state index in [1.54, 1.807) is 0 Å². The molecule has 0 spiro atoms. The van der Waals surface area contributed by atoms with Gasteiger partial charge in [0.25, 0.3) is 0 Å². The van der Waals surface area contributed by atoms with Gasteiger partial charge in [0.2, 0.25) is 0 Å². The van der Waals surface area contributed by atoms with Crippen LogP contribution in [0, 0.1) is 0 Å². The van der Waals surface area contributed by atoms with Gasteiger partial charge in [-0.1, -0.05) is 6.92 Å². The van der Waals surface area contributed by atoms with Gasteiger partial charge in [0.05, 0.1) is 0 Å². The molecule has 0 aromatic heterocycles. The quantitative estimate of drug-likeness (QED) is 0.631. The molecule has 92 valence electrons. The minimum absolute atomic E-state index is 0.403. The minimum atomic E-state index is 0.403. The van der Waals surface area contributed by atoms with Gasteiger partial charge in [-0.25, -0.2) is 0 Å². The largest absolute Gasteiger partial charge is 0.328 e. The molecule has 0 heterocycles. The molecule has 0 aromatic carbocycles. The monoisotopic (exact) mass is 215 g/mol. The summed E-state index contributed by atoms with van der Waals surface area (Å²) in [5, 5.41) is 0. The van der Waals surface area contributed by atoms with E-state index in [2.05, 4.69) is 37.9 Å². The van der Waals surface area contributed by atoms with Crippen molar-refractivity contribution in [3.63, 3.8) is 0 Å². The second kappa shape index (κ2) is 9.13. The molecule has 1 unspecified atom stereocenters. The number of rotatable bonds is 9. The highest BCUT2D eigenvalue weighted by atomic mass is 15.1. The van der Waals surface area contributed by atoms with Crippen molar-refractivity contribution in [1.29, 1.82) is 0 Å². The van der Waals surface area contributed by atoms with Crippen LogP contribution in [-0.4, -0.2) is 56.6 Å². The molecule has 0 aromatic rings. The van der Waals surface area contributed by atoms with Gasteiger partial charge >= 0.3 is 0 Å². The van der Waals surface area contributed by atoms with E-state index in [0.717, 1.165) is 12.8 Å². The van der Waals surface area contributed by atoms with Crippen LogP contribution in [0.2, 0.25) is 0 Å². The minimum Gasteiger partial charge on any atom is -0.328 e. The average Bonchev–Trinajstić information content (AvgIpc) is 2.17. The normalized spacial score (nSPS) is 13.8. The van der Waals surface area contributed by atoms with Crippen molar-refractivity contribution in [1.82, 2.24) is 9.80 Å². The summed E-state index contributed by atoms with van der Waals surface area (Å²) in [4.78, 5) is 4.65. The van der Waals surface area contributed by atoms with Crippen LogP contribution in [0.4, 0.5) is 0 Å². The molecule has 0 saturated heterocycles. The fraction of sp³-hybridized carbons (Fsp3) is 1.00. The predicted octanol–water partition coefficient (Wildman–Crippen LogP) is 1.39. The molecule has 3 nitrogen and oxygen atoms in total. The first kappa shape index (κ1) is 14.9. The third-order valence-electron chi connectivity index (χ3n) is 2.78. The standard InChI is InChI=1S/C12H29N3/c1-5-12(13)8-6-10-15(4)11-7-9-14(2)3/h12H,5-11,13H2,1-4H3. The Bertz CT molecular complexity index is 137. The Hall–Kier alpha value is -0.120. The van der Waals surface area contributed by atoms with Gasteiger partial charge in [0.15, 0.2) is 0 Å². The Morgan fingerprint density at radius 3 is 2.13 bits per heavy atom. The molecule has 0 bridgehead atoms. The zero-order valence-corrected chi connectivity index (χ0v) is 11.0. The van der Waals surface area contributed by atoms with Crippen molar-refractivity contribution in [2.24, 2.45) is 5.73 Å². The zero-order valence-electron chi connectivity index (χ0n) is 11.0. The summed E-state index contributed by atoms with van der Waals surface area (Å²) in [5.41, 5.74) is 5.87. The van der Waals surface area contributed by atoms with Gasteiger partial charge in [-0.2, -0.15) is 0 Å². The second-order valence-corrected chi connectivity index (χ2v) is 4.77. The molecule has 0 fully saturated rings. The summed E-state index contributed by atoms with van der Waals surface area (Å²) < 4.78 is 0. The molecule has 15 heavy (non-hydrogen) atoms. The molecule has 0 amide bonds. The van der Waals surface area contributed by atoms with Crippen LogP contribution in [-0.2, 0) is 0 Å². The lowest BCUT2D eigenvalue weighted by Gasteiger charge is -2.18. The fourth-order valence-electron chi connectivity index (χ4n) is 1.60. The second-order valence-electron chi connectivity index (χ2n) is 4.77. The highest BCUT2D eigenvalue weighted by Crippen LogP contribution is 2.00. The van der Waals surface area contributed by atoms with E-state index in [1.165, 1.54) is 32.5 Å². The summed E-state index contributed by atoms with van der Waals surface area (Å²) in [6.45, 7) is 5.71. The molecule has 0 rings (SSSR count). The molecule has 0 aliphatic rings. The van der Waals surface area contributed by atoms with Crippen LogP contribution in [0.15, 0.2) is 0 Å². The molecular formula is C12H29N3. The van der Waals surface area contributed by atoms with Crippen LogP contribution in [0.25, 0.3) is 0 Å². The van der Waals surface area contributed by atoms with Crippen LogP contribution in [0.1, 0.15) is 32.6 Å². The molecule has 1 atom stereocenters. The first-order valence-corrected chi connectivity index (χ1v) is 6.15. The van der Waals surface area contributed by atoms with Crippen molar-refractivity contribution >= 4 is 0 Å². The van der Waals surface area contributed by atoms with Gasteiger partial charge in [-0.3, -0.25) is 0 Å². The van der Waals surface area contributed by atoms with Crippen molar-refractivity contribution in [2.45, 2.75) is 38.6 Å². The topological polar surface area (TPSA) is 32.5 Å². The fourth-order valence-corrected chi connectivity index (χ4v) is 1.60. The molecule has 0 aliphatic carbocycles. The Morgan fingerprint density at radius 1 is 1.00 bits per heavy atom. The maximum Gasteiger partial charge on any atom is 0.00366 e. The molecule has 0 saturated carbocycles. The highest BCUT2D eigenvalue weighted by molar-refractivity contribution is 4.60. The Morgan fingerprint density at radius 2 is 1.60 bits per heavy atom. The molecule has 3 heteroatoms. The van der Waals surface area contributed by atoms with E-state index in [-0.39, 0.29) is 0 Å². The van der Waals surface area contributed by atoms with E-state index in [4.69, 9.17) is 5.73 Å². The SMILES string of the molecule is CCC(N)CCCN(C)CCCN(C)C. The smallest absolute Gasteiger partial charge is 0.00366 e. The molecule has 0 radical (unpaired) electrons. The van der Waals surface area contributed by atoms with E-state index >= 15 is 0 Å². The van der Waals surface area contributed by atoms with Crippen LogP contribution in [0.5, 0.6) is 0 Å². The van der Waals surface area contributed by atoms with Crippen molar-refractivity contribution < 1.29 is 0 Å². The summed E-state index contributed by atoms with van der Waals surface area (Å²) in [5.74, 6) is 0. The first-order chi connectivity index (χ1) is 7.06. The van der Waals surface area contributed by atoms with Crippen LogP contribution in [0.3, 0.4) is 0 Å². The molecule has 0 aliphatic heterocycles. The van der Waals surface area contributed by atoms with Gasteiger partial charge < -0.3 is 15.5 Å². The van der Waals surface area contributed by atoms with E-state index in [1.807, 2.05) is 0 Å². The van der Waals surface area contributed by atoms with E-state index < -0.39 is 0 Å². The number of nitrogens with two attached hydrogens (primary N) is 1. The molecule has 2 N–H and O–H groups in total. The van der Waals surface area contributed by atoms with E-state index in [9.17, 15) is 0 Å². The lowest BCUT2D eigenvalue weighted by molar-refractivity contribution is 0.292. The lowest BCUT2D eigenvalue weighted by atomic mass is 10.1. The summed E-state index contributed by atoms with van der Waals surface area (Å²) in [7, 11) is 6.45. The first-order valence-electron chi connectivity index (χ1n) is 6.15. The third-order valence-corrected chi connectivity index (χ3v) is 2.78. The average molecular weight is 215 g/mol. The van der Waals surface area contributed by atoms with E-state index in [0.29, 0.717) is 6.04 Å². The zero-order chi connectivity index (χ0) is 11.7. The van der Waals surface area contributed by atoms with Gasteiger partial charge in [-0.05, 0) is 66.5 Å². The van der Waals surface area contributed by atoms with Crippen molar-refractivity contribution in [2.75, 3.05) is 40.8 Å². The number of hydrogen-bond donors (Lipinski definition) is 1. The predicted molar refractivity (Wildman–Crippen MR) is 68.2 cm³/mol. The lowest BCUT2D eigenvalue weighted by Crippen LogP contribution is -2.26. The Kier molecular flexibility index (Phi) is 9.06.